The maximum Gasteiger partial charge on any atom is 0.303 e. The fourth-order valence-electron chi connectivity index (χ4n) is 2.07. The van der Waals surface area contributed by atoms with Crippen molar-refractivity contribution in [1.29, 1.82) is 0 Å². The Morgan fingerprint density at radius 2 is 1.90 bits per heavy atom. The summed E-state index contributed by atoms with van der Waals surface area (Å²) in [7, 11) is 1.62. The van der Waals surface area contributed by atoms with Crippen LogP contribution in [0.25, 0.3) is 0 Å². The average molecular weight is 295 g/mol. The summed E-state index contributed by atoms with van der Waals surface area (Å²) in [6, 6.07) is 7.91. The Hall–Kier alpha value is -1.75. The van der Waals surface area contributed by atoms with Crippen LogP contribution in [-0.4, -0.2) is 48.8 Å². The highest BCUT2D eigenvalue weighted by atomic mass is 16.5. The Balaban J connectivity index is 2.41. The van der Waals surface area contributed by atoms with E-state index in [0.29, 0.717) is 19.1 Å². The van der Waals surface area contributed by atoms with E-state index in [9.17, 15) is 4.79 Å². The molecule has 0 aliphatic heterocycles. The summed E-state index contributed by atoms with van der Waals surface area (Å²) >= 11 is 0. The van der Waals surface area contributed by atoms with Crippen molar-refractivity contribution in [3.63, 3.8) is 0 Å². The molecule has 0 heterocycles. The summed E-state index contributed by atoms with van der Waals surface area (Å²) in [4.78, 5) is 12.8. The summed E-state index contributed by atoms with van der Waals surface area (Å²) in [5, 5.41) is 8.69. The number of ether oxygens (including phenoxy) is 2. The van der Waals surface area contributed by atoms with Gasteiger partial charge in [-0.2, -0.15) is 0 Å². The van der Waals surface area contributed by atoms with Crippen molar-refractivity contribution in [1.82, 2.24) is 4.90 Å². The standard InChI is InChI=1S/C16H25NO4/c1-13(2)17(10-6-9-16(18)19)11-12-21-15-8-5-4-7-14(15)20-3/h4-5,7-8,13H,6,9-12H2,1-3H3,(H,18,19). The number of nitrogens with zero attached hydrogens (tertiary/aromatic N) is 1. The first-order valence-corrected chi connectivity index (χ1v) is 7.26. The van der Waals surface area contributed by atoms with Gasteiger partial charge in [-0.15, -0.1) is 0 Å². The van der Waals surface area contributed by atoms with Crippen LogP contribution in [0, 0.1) is 0 Å². The number of rotatable bonds is 10. The number of para-hydroxylation sites is 2. The molecule has 0 atom stereocenters. The minimum atomic E-state index is -0.746. The van der Waals surface area contributed by atoms with Crippen molar-refractivity contribution < 1.29 is 19.4 Å². The smallest absolute Gasteiger partial charge is 0.303 e. The lowest BCUT2D eigenvalue weighted by Crippen LogP contribution is -2.35. The van der Waals surface area contributed by atoms with Crippen molar-refractivity contribution in [2.24, 2.45) is 0 Å². The normalized spacial score (nSPS) is 10.9. The molecular formula is C16H25NO4. The van der Waals surface area contributed by atoms with Gasteiger partial charge in [0.15, 0.2) is 11.5 Å². The lowest BCUT2D eigenvalue weighted by molar-refractivity contribution is -0.137. The maximum atomic E-state index is 10.6. The van der Waals surface area contributed by atoms with E-state index in [1.165, 1.54) is 0 Å². The van der Waals surface area contributed by atoms with E-state index in [1.54, 1.807) is 7.11 Å². The van der Waals surface area contributed by atoms with Gasteiger partial charge in [-0.1, -0.05) is 12.1 Å². The van der Waals surface area contributed by atoms with E-state index in [4.69, 9.17) is 14.6 Å². The highest BCUT2D eigenvalue weighted by Crippen LogP contribution is 2.25. The van der Waals surface area contributed by atoms with Gasteiger partial charge in [-0.25, -0.2) is 0 Å². The number of carboxylic acids is 1. The van der Waals surface area contributed by atoms with Crippen molar-refractivity contribution in [2.45, 2.75) is 32.7 Å². The molecule has 1 aromatic rings. The van der Waals surface area contributed by atoms with Crippen LogP contribution in [0.3, 0.4) is 0 Å². The monoisotopic (exact) mass is 295 g/mol. The van der Waals surface area contributed by atoms with Crippen LogP contribution >= 0.6 is 0 Å². The lowest BCUT2D eigenvalue weighted by atomic mass is 10.2. The van der Waals surface area contributed by atoms with Gasteiger partial charge in [0.1, 0.15) is 6.61 Å². The molecule has 0 saturated carbocycles. The zero-order valence-electron chi connectivity index (χ0n) is 13.0. The third-order valence-electron chi connectivity index (χ3n) is 3.27. The summed E-state index contributed by atoms with van der Waals surface area (Å²) < 4.78 is 11.0. The SMILES string of the molecule is COc1ccccc1OCCN(CCCC(=O)O)C(C)C. The fourth-order valence-corrected chi connectivity index (χ4v) is 2.07. The van der Waals surface area contributed by atoms with Gasteiger partial charge in [0.2, 0.25) is 0 Å². The minimum absolute atomic E-state index is 0.205. The largest absolute Gasteiger partial charge is 0.493 e. The second-order valence-electron chi connectivity index (χ2n) is 5.13. The first-order chi connectivity index (χ1) is 10.0. The molecule has 0 bridgehead atoms. The van der Waals surface area contributed by atoms with Crippen LogP contribution in [0.15, 0.2) is 24.3 Å². The van der Waals surface area contributed by atoms with Crippen LogP contribution < -0.4 is 9.47 Å². The van der Waals surface area contributed by atoms with Crippen molar-refractivity contribution >= 4 is 5.97 Å². The molecule has 0 spiro atoms. The quantitative estimate of drug-likeness (QED) is 0.719. The number of methoxy groups -OCH3 is 1. The Bertz CT molecular complexity index is 434. The van der Waals surface area contributed by atoms with Crippen molar-refractivity contribution in [3.05, 3.63) is 24.3 Å². The first kappa shape index (κ1) is 17.3. The van der Waals surface area contributed by atoms with E-state index in [0.717, 1.165) is 24.6 Å². The number of carbonyl (C=O) groups is 1. The zero-order valence-corrected chi connectivity index (χ0v) is 13.0. The average Bonchev–Trinajstić information content (AvgIpc) is 2.45. The Kier molecular flexibility index (Phi) is 7.61. The molecule has 0 aliphatic rings. The summed E-state index contributed by atoms with van der Waals surface area (Å²) in [6.07, 6.45) is 0.860. The number of hydrogen-bond acceptors (Lipinski definition) is 4. The van der Waals surface area contributed by atoms with Gasteiger partial charge in [0.05, 0.1) is 7.11 Å². The highest BCUT2D eigenvalue weighted by molar-refractivity contribution is 5.66. The molecule has 118 valence electrons. The highest BCUT2D eigenvalue weighted by Gasteiger charge is 2.11. The van der Waals surface area contributed by atoms with Crippen LogP contribution in [0.2, 0.25) is 0 Å². The van der Waals surface area contributed by atoms with E-state index in [-0.39, 0.29) is 6.42 Å². The predicted octanol–water partition coefficient (Wildman–Crippen LogP) is 2.65. The van der Waals surface area contributed by atoms with E-state index < -0.39 is 5.97 Å². The molecule has 1 aromatic carbocycles. The molecular weight excluding hydrogens is 270 g/mol. The van der Waals surface area contributed by atoms with Crippen LogP contribution in [0.1, 0.15) is 26.7 Å². The number of carboxylic acid groups (broad SMARTS) is 1. The van der Waals surface area contributed by atoms with Gasteiger partial charge in [-0.05, 0) is 38.9 Å². The van der Waals surface area contributed by atoms with E-state index >= 15 is 0 Å². The molecule has 1 rings (SSSR count). The van der Waals surface area contributed by atoms with Gasteiger partial charge < -0.3 is 14.6 Å². The second kappa shape index (κ2) is 9.23. The molecule has 5 nitrogen and oxygen atoms in total. The topological polar surface area (TPSA) is 59.0 Å². The maximum absolute atomic E-state index is 10.6. The third kappa shape index (κ3) is 6.49. The summed E-state index contributed by atoms with van der Waals surface area (Å²) in [5.41, 5.74) is 0. The molecule has 0 radical (unpaired) electrons. The molecule has 0 amide bonds. The third-order valence-corrected chi connectivity index (χ3v) is 3.27. The van der Waals surface area contributed by atoms with Crippen molar-refractivity contribution in [3.8, 4) is 11.5 Å². The van der Waals surface area contributed by atoms with Crippen LogP contribution in [0.4, 0.5) is 0 Å². The second-order valence-corrected chi connectivity index (χ2v) is 5.13. The molecule has 5 heteroatoms. The molecule has 0 aromatic heterocycles. The van der Waals surface area contributed by atoms with Gasteiger partial charge in [-0.3, -0.25) is 9.69 Å². The van der Waals surface area contributed by atoms with Crippen molar-refractivity contribution in [2.75, 3.05) is 26.8 Å². The fraction of sp³-hybridized carbons (Fsp3) is 0.562. The van der Waals surface area contributed by atoms with Crippen LogP contribution in [0.5, 0.6) is 11.5 Å². The Labute approximate surface area is 126 Å². The Morgan fingerprint density at radius 1 is 1.24 bits per heavy atom. The van der Waals surface area contributed by atoms with Gasteiger partial charge in [0, 0.05) is 19.0 Å². The van der Waals surface area contributed by atoms with Crippen LogP contribution in [-0.2, 0) is 4.79 Å². The van der Waals surface area contributed by atoms with Gasteiger partial charge >= 0.3 is 5.97 Å². The lowest BCUT2D eigenvalue weighted by Gasteiger charge is -2.26. The minimum Gasteiger partial charge on any atom is -0.493 e. The molecule has 1 N–H and O–H groups in total. The molecule has 0 fully saturated rings. The molecule has 0 saturated heterocycles. The Morgan fingerprint density at radius 3 is 2.48 bits per heavy atom. The summed E-state index contributed by atoms with van der Waals surface area (Å²) in [6.45, 7) is 6.27. The van der Waals surface area contributed by atoms with E-state index in [2.05, 4.69) is 18.7 Å². The first-order valence-electron chi connectivity index (χ1n) is 7.26. The predicted molar refractivity (Wildman–Crippen MR) is 82.1 cm³/mol. The number of hydrogen-bond donors (Lipinski definition) is 1. The molecule has 0 unspecified atom stereocenters. The van der Waals surface area contributed by atoms with E-state index in [1.807, 2.05) is 24.3 Å². The zero-order chi connectivity index (χ0) is 15.7. The van der Waals surface area contributed by atoms with Gasteiger partial charge in [0.25, 0.3) is 0 Å². The molecule has 0 aliphatic carbocycles. The number of aliphatic carboxylic acids is 1. The number of benzene rings is 1. The summed E-state index contributed by atoms with van der Waals surface area (Å²) in [5.74, 6) is 0.706. The molecule has 21 heavy (non-hydrogen) atoms.